The number of rotatable bonds is 3. The zero-order valence-electron chi connectivity index (χ0n) is 8.90. The Balaban J connectivity index is 2.69. The van der Waals surface area contributed by atoms with Crippen LogP contribution in [0.1, 0.15) is 5.82 Å². The van der Waals surface area contributed by atoms with Crippen molar-refractivity contribution in [2.75, 3.05) is 13.7 Å². The van der Waals surface area contributed by atoms with Gasteiger partial charge in [0.15, 0.2) is 0 Å². The molecular weight excluding hydrogens is 209 g/mol. The summed E-state index contributed by atoms with van der Waals surface area (Å²) in [4.78, 5) is 8.30. The van der Waals surface area contributed by atoms with Crippen LogP contribution in [0, 0.1) is 5.82 Å². The Morgan fingerprint density at radius 3 is 2.88 bits per heavy atom. The second kappa shape index (κ2) is 4.40. The van der Waals surface area contributed by atoms with Gasteiger partial charge in [0.1, 0.15) is 17.2 Å². The molecule has 0 atom stereocenters. The van der Waals surface area contributed by atoms with Crippen molar-refractivity contribution >= 4 is 10.9 Å². The van der Waals surface area contributed by atoms with Gasteiger partial charge in [-0.3, -0.25) is 0 Å². The van der Waals surface area contributed by atoms with Crippen molar-refractivity contribution in [2.45, 2.75) is 6.42 Å². The average Bonchev–Trinajstić information content (AvgIpc) is 2.30. The molecule has 0 aliphatic rings. The number of fused-ring (bicyclic) bond motifs is 1. The van der Waals surface area contributed by atoms with Crippen LogP contribution in [0.15, 0.2) is 18.2 Å². The highest BCUT2D eigenvalue weighted by Crippen LogP contribution is 2.23. The van der Waals surface area contributed by atoms with Crippen LogP contribution in [0.5, 0.6) is 5.88 Å². The Morgan fingerprint density at radius 2 is 2.19 bits per heavy atom. The van der Waals surface area contributed by atoms with Gasteiger partial charge in [-0.2, -0.15) is 4.98 Å². The third-order valence-corrected chi connectivity index (χ3v) is 2.25. The molecule has 1 aromatic heterocycles. The lowest BCUT2D eigenvalue weighted by atomic mass is 10.2. The summed E-state index contributed by atoms with van der Waals surface area (Å²) in [5.74, 6) is 0.501. The molecule has 0 unspecified atom stereocenters. The van der Waals surface area contributed by atoms with Crippen LogP contribution < -0.4 is 10.5 Å². The molecule has 2 N–H and O–H groups in total. The summed E-state index contributed by atoms with van der Waals surface area (Å²) in [7, 11) is 1.50. The van der Waals surface area contributed by atoms with E-state index < -0.39 is 0 Å². The largest absolute Gasteiger partial charge is 0.480 e. The zero-order chi connectivity index (χ0) is 11.5. The predicted molar refractivity (Wildman–Crippen MR) is 58.8 cm³/mol. The topological polar surface area (TPSA) is 61.0 Å². The van der Waals surface area contributed by atoms with Gasteiger partial charge < -0.3 is 10.5 Å². The maximum absolute atomic E-state index is 13.5. The van der Waals surface area contributed by atoms with Gasteiger partial charge in [0.05, 0.1) is 12.5 Å². The summed E-state index contributed by atoms with van der Waals surface area (Å²) in [6.07, 6.45) is 0.501. The number of benzene rings is 1. The van der Waals surface area contributed by atoms with Crippen LogP contribution in [-0.4, -0.2) is 23.6 Å². The van der Waals surface area contributed by atoms with E-state index in [-0.39, 0.29) is 11.3 Å². The highest BCUT2D eigenvalue weighted by atomic mass is 19.1. The molecule has 84 valence electrons. The average molecular weight is 221 g/mol. The number of ether oxygens (including phenoxy) is 1. The maximum Gasteiger partial charge on any atom is 0.224 e. The summed E-state index contributed by atoms with van der Waals surface area (Å²) >= 11 is 0. The molecule has 0 aliphatic heterocycles. The highest BCUT2D eigenvalue weighted by molar-refractivity contribution is 5.83. The van der Waals surface area contributed by atoms with Gasteiger partial charge in [0.25, 0.3) is 0 Å². The number of aromatic nitrogens is 2. The number of hydrogen-bond donors (Lipinski definition) is 1. The Labute approximate surface area is 92.3 Å². The molecule has 0 fully saturated rings. The van der Waals surface area contributed by atoms with Crippen molar-refractivity contribution in [1.82, 2.24) is 9.97 Å². The van der Waals surface area contributed by atoms with Gasteiger partial charge in [-0.05, 0) is 18.7 Å². The number of nitrogens with two attached hydrogens (primary N) is 1. The van der Waals surface area contributed by atoms with Crippen molar-refractivity contribution in [3.63, 3.8) is 0 Å². The SMILES string of the molecule is COc1nc(CCN)nc2c(F)cccc12. The summed E-state index contributed by atoms with van der Waals surface area (Å²) < 4.78 is 18.7. The van der Waals surface area contributed by atoms with E-state index in [1.807, 2.05) is 0 Å². The maximum atomic E-state index is 13.5. The minimum atomic E-state index is -0.378. The lowest BCUT2D eigenvalue weighted by Crippen LogP contribution is -2.08. The smallest absolute Gasteiger partial charge is 0.224 e. The zero-order valence-corrected chi connectivity index (χ0v) is 8.90. The fourth-order valence-corrected chi connectivity index (χ4v) is 1.53. The molecule has 0 saturated heterocycles. The molecule has 0 bridgehead atoms. The van der Waals surface area contributed by atoms with E-state index in [4.69, 9.17) is 10.5 Å². The van der Waals surface area contributed by atoms with Gasteiger partial charge >= 0.3 is 0 Å². The highest BCUT2D eigenvalue weighted by Gasteiger charge is 2.10. The van der Waals surface area contributed by atoms with Gasteiger partial charge in [0, 0.05) is 6.42 Å². The van der Waals surface area contributed by atoms with E-state index in [0.29, 0.717) is 30.1 Å². The standard InChI is InChI=1S/C11H12FN3O/c1-16-11-7-3-2-4-8(12)10(7)14-9(15-11)5-6-13/h2-4H,5-6,13H2,1H3. The number of methoxy groups -OCH3 is 1. The van der Waals surface area contributed by atoms with Gasteiger partial charge in [-0.25, -0.2) is 9.37 Å². The molecule has 4 nitrogen and oxygen atoms in total. The third-order valence-electron chi connectivity index (χ3n) is 2.25. The fraction of sp³-hybridized carbons (Fsp3) is 0.273. The molecule has 0 saturated carbocycles. The number of hydrogen-bond acceptors (Lipinski definition) is 4. The lowest BCUT2D eigenvalue weighted by Gasteiger charge is -2.07. The van der Waals surface area contributed by atoms with Gasteiger partial charge in [-0.1, -0.05) is 6.07 Å². The summed E-state index contributed by atoms with van der Waals surface area (Å²) in [5.41, 5.74) is 5.70. The van der Waals surface area contributed by atoms with E-state index in [0.717, 1.165) is 0 Å². The van der Waals surface area contributed by atoms with Gasteiger partial charge in [0.2, 0.25) is 5.88 Å². The van der Waals surface area contributed by atoms with Crippen LogP contribution in [0.2, 0.25) is 0 Å². The lowest BCUT2D eigenvalue weighted by molar-refractivity contribution is 0.400. The normalized spacial score (nSPS) is 10.7. The second-order valence-electron chi connectivity index (χ2n) is 3.32. The minimum absolute atomic E-state index is 0.276. The summed E-state index contributed by atoms with van der Waals surface area (Å²) in [6.45, 7) is 0.420. The third kappa shape index (κ3) is 1.81. The van der Waals surface area contributed by atoms with Crippen LogP contribution in [0.4, 0.5) is 4.39 Å². The number of halogens is 1. The summed E-state index contributed by atoms with van der Waals surface area (Å²) in [5, 5.41) is 0.572. The van der Waals surface area contributed by atoms with Crippen molar-refractivity contribution in [3.8, 4) is 5.88 Å². The number of nitrogens with zero attached hydrogens (tertiary/aromatic N) is 2. The van der Waals surface area contributed by atoms with Crippen molar-refractivity contribution < 1.29 is 9.13 Å². The Bertz CT molecular complexity index is 516. The first-order valence-corrected chi connectivity index (χ1v) is 4.95. The summed E-state index contributed by atoms with van der Waals surface area (Å²) in [6, 6.07) is 4.69. The van der Waals surface area contributed by atoms with Crippen LogP contribution in [0.25, 0.3) is 10.9 Å². The molecule has 1 heterocycles. The van der Waals surface area contributed by atoms with Crippen molar-refractivity contribution in [2.24, 2.45) is 5.73 Å². The Morgan fingerprint density at radius 1 is 1.38 bits per heavy atom. The number of para-hydroxylation sites is 1. The molecule has 0 radical (unpaired) electrons. The Kier molecular flexibility index (Phi) is 2.96. The van der Waals surface area contributed by atoms with E-state index in [9.17, 15) is 4.39 Å². The second-order valence-corrected chi connectivity index (χ2v) is 3.32. The first-order valence-electron chi connectivity index (χ1n) is 4.95. The fourth-order valence-electron chi connectivity index (χ4n) is 1.53. The van der Waals surface area contributed by atoms with E-state index in [1.54, 1.807) is 12.1 Å². The minimum Gasteiger partial charge on any atom is -0.480 e. The van der Waals surface area contributed by atoms with Crippen LogP contribution in [0.3, 0.4) is 0 Å². The molecular formula is C11H12FN3O. The van der Waals surface area contributed by atoms with E-state index in [2.05, 4.69) is 9.97 Å². The predicted octanol–water partition coefficient (Wildman–Crippen LogP) is 1.28. The van der Waals surface area contributed by atoms with E-state index >= 15 is 0 Å². The molecule has 16 heavy (non-hydrogen) atoms. The van der Waals surface area contributed by atoms with Crippen LogP contribution >= 0.6 is 0 Å². The first-order chi connectivity index (χ1) is 7.76. The van der Waals surface area contributed by atoms with Crippen molar-refractivity contribution in [1.29, 1.82) is 0 Å². The molecule has 0 spiro atoms. The molecule has 2 aromatic rings. The molecule has 5 heteroatoms. The monoisotopic (exact) mass is 221 g/mol. The van der Waals surface area contributed by atoms with E-state index in [1.165, 1.54) is 13.2 Å². The quantitative estimate of drug-likeness (QED) is 0.848. The van der Waals surface area contributed by atoms with Gasteiger partial charge in [-0.15, -0.1) is 0 Å². The van der Waals surface area contributed by atoms with Crippen molar-refractivity contribution in [3.05, 3.63) is 29.8 Å². The Hall–Kier alpha value is -1.75. The molecule has 0 amide bonds. The van der Waals surface area contributed by atoms with Crippen LogP contribution in [-0.2, 0) is 6.42 Å². The molecule has 0 aliphatic carbocycles. The first kappa shape index (κ1) is 10.8. The molecule has 2 rings (SSSR count). The molecule has 1 aromatic carbocycles.